The maximum absolute atomic E-state index is 13.6. The van der Waals surface area contributed by atoms with Crippen LogP contribution in [0.3, 0.4) is 0 Å². The number of oxazole rings is 1. The van der Waals surface area contributed by atoms with Gasteiger partial charge in [-0.15, -0.1) is 0 Å². The molecule has 1 atom stereocenters. The Balaban J connectivity index is 1.28. The fourth-order valence-corrected chi connectivity index (χ4v) is 4.67. The zero-order valence-electron chi connectivity index (χ0n) is 23.3. The molecule has 0 bridgehead atoms. The van der Waals surface area contributed by atoms with Gasteiger partial charge in [-0.25, -0.2) is 9.97 Å². The summed E-state index contributed by atoms with van der Waals surface area (Å²) in [7, 11) is 0. The molecule has 1 unspecified atom stereocenters. The second kappa shape index (κ2) is 9.73. The number of nitrogen functional groups attached to an aromatic ring is 1. The number of fused-ring (bicyclic) bond motifs is 1. The molecule has 0 radical (unpaired) electrons. The van der Waals surface area contributed by atoms with Crippen molar-refractivity contribution in [3.8, 4) is 17.2 Å². The molecule has 4 N–H and O–H groups in total. The van der Waals surface area contributed by atoms with E-state index >= 15 is 0 Å². The van der Waals surface area contributed by atoms with E-state index in [1.807, 2.05) is 45.0 Å². The third-order valence-corrected chi connectivity index (χ3v) is 7.51. The van der Waals surface area contributed by atoms with Crippen molar-refractivity contribution < 1.29 is 14.0 Å². The molecule has 2 saturated carbocycles. The molecule has 11 nitrogen and oxygen atoms in total. The third-order valence-electron chi connectivity index (χ3n) is 7.51. The van der Waals surface area contributed by atoms with Gasteiger partial charge in [0.15, 0.2) is 11.5 Å². The number of hydrogen-bond donors (Lipinski definition) is 3. The minimum atomic E-state index is -1.01. The summed E-state index contributed by atoms with van der Waals surface area (Å²) < 4.78 is 7.82. The summed E-state index contributed by atoms with van der Waals surface area (Å²) in [6.07, 6.45) is 4.76. The van der Waals surface area contributed by atoms with Crippen LogP contribution in [0.2, 0.25) is 0 Å². The van der Waals surface area contributed by atoms with Gasteiger partial charge in [0.05, 0.1) is 24.2 Å². The van der Waals surface area contributed by atoms with Crippen LogP contribution < -0.4 is 16.4 Å². The van der Waals surface area contributed by atoms with E-state index in [0.717, 1.165) is 29.7 Å². The van der Waals surface area contributed by atoms with E-state index < -0.39 is 23.4 Å². The van der Waals surface area contributed by atoms with Crippen LogP contribution in [0.1, 0.15) is 74.6 Å². The summed E-state index contributed by atoms with van der Waals surface area (Å²) in [5.41, 5.74) is 8.71. The lowest BCUT2D eigenvalue weighted by atomic mass is 9.92. The summed E-state index contributed by atoms with van der Waals surface area (Å²) in [6.45, 7) is 6.14. The zero-order valence-corrected chi connectivity index (χ0v) is 23.3. The smallest absolute Gasteiger partial charge is 0.270 e. The van der Waals surface area contributed by atoms with Crippen LogP contribution in [0.25, 0.3) is 22.2 Å². The van der Waals surface area contributed by atoms with Crippen LogP contribution >= 0.6 is 0 Å². The van der Waals surface area contributed by atoms with E-state index in [0.29, 0.717) is 41.3 Å². The van der Waals surface area contributed by atoms with Crippen LogP contribution in [0, 0.1) is 11.3 Å². The van der Waals surface area contributed by atoms with Gasteiger partial charge in [0, 0.05) is 17.2 Å². The molecule has 2 aliphatic carbocycles. The number of nitrogens with one attached hydrogen (secondary N) is 2. The van der Waals surface area contributed by atoms with E-state index in [9.17, 15) is 14.9 Å². The molecule has 4 aromatic rings. The number of carbonyl (C=O) groups excluding carboxylic acids is 2. The van der Waals surface area contributed by atoms with Crippen molar-refractivity contribution in [1.29, 1.82) is 5.26 Å². The molecule has 6 rings (SSSR count). The first kappa shape index (κ1) is 26.5. The van der Waals surface area contributed by atoms with Crippen LogP contribution in [0.15, 0.2) is 47.0 Å². The highest BCUT2D eigenvalue weighted by molar-refractivity contribution is 5.97. The van der Waals surface area contributed by atoms with E-state index in [1.54, 1.807) is 23.0 Å². The van der Waals surface area contributed by atoms with Gasteiger partial charge in [-0.2, -0.15) is 10.4 Å². The molecule has 0 aliphatic heterocycles. The minimum Gasteiger partial charge on any atom is -0.441 e. The fraction of sp³-hybridized carbons (Fsp3) is 0.400. The summed E-state index contributed by atoms with van der Waals surface area (Å²) in [5, 5.41) is 20.0. The lowest BCUT2D eigenvalue weighted by Crippen LogP contribution is -2.51. The third kappa shape index (κ3) is 5.50. The van der Waals surface area contributed by atoms with Gasteiger partial charge < -0.3 is 20.8 Å². The number of nitriles is 1. The Bertz CT molecular complexity index is 1680. The average molecular weight is 553 g/mol. The number of aromatic nitrogens is 4. The number of carbonyl (C=O) groups is 2. The molecule has 41 heavy (non-hydrogen) atoms. The van der Waals surface area contributed by atoms with Crippen molar-refractivity contribution in [3.05, 3.63) is 59.9 Å². The molecule has 11 heteroatoms. The Morgan fingerprint density at radius 2 is 1.95 bits per heavy atom. The summed E-state index contributed by atoms with van der Waals surface area (Å²) in [4.78, 5) is 35.7. The molecular formula is C30H32N8O3. The fourth-order valence-electron chi connectivity index (χ4n) is 4.67. The summed E-state index contributed by atoms with van der Waals surface area (Å²) in [6, 6.07) is 12.3. The molecule has 210 valence electrons. The van der Waals surface area contributed by atoms with E-state index in [4.69, 9.17) is 15.2 Å². The highest BCUT2D eigenvalue weighted by atomic mass is 16.3. The molecule has 0 spiro atoms. The number of pyridine rings is 1. The first-order valence-electron chi connectivity index (χ1n) is 13.8. The maximum Gasteiger partial charge on any atom is 0.270 e. The number of benzene rings is 1. The van der Waals surface area contributed by atoms with Gasteiger partial charge in [-0.3, -0.25) is 14.3 Å². The monoisotopic (exact) mass is 552 g/mol. The highest BCUT2D eigenvalue weighted by Crippen LogP contribution is 2.37. The second-order valence-corrected chi connectivity index (χ2v) is 12.0. The Morgan fingerprint density at radius 3 is 2.59 bits per heavy atom. The van der Waals surface area contributed by atoms with Crippen LogP contribution in [-0.4, -0.2) is 43.1 Å². The van der Waals surface area contributed by atoms with Gasteiger partial charge in [0.2, 0.25) is 5.91 Å². The predicted octanol–water partition coefficient (Wildman–Crippen LogP) is 3.81. The number of amides is 2. The molecular weight excluding hydrogens is 520 g/mol. The number of rotatable bonds is 8. The van der Waals surface area contributed by atoms with Crippen molar-refractivity contribution >= 4 is 28.7 Å². The Hall–Kier alpha value is -4.72. The molecule has 3 heterocycles. The summed E-state index contributed by atoms with van der Waals surface area (Å²) in [5.74, 6) is -0.138. The minimum absolute atomic E-state index is 0.0101. The van der Waals surface area contributed by atoms with Crippen molar-refractivity contribution in [2.45, 2.75) is 75.9 Å². The molecule has 1 aromatic carbocycles. The normalized spacial score (nSPS) is 16.6. The van der Waals surface area contributed by atoms with Crippen LogP contribution in [-0.2, 0) is 16.6 Å². The first-order valence-corrected chi connectivity index (χ1v) is 13.8. The Morgan fingerprint density at radius 1 is 1.20 bits per heavy atom. The molecule has 2 aliphatic rings. The number of nitrogens with two attached hydrogens (primary N) is 1. The van der Waals surface area contributed by atoms with Gasteiger partial charge in [-0.05, 0) is 61.6 Å². The van der Waals surface area contributed by atoms with Crippen molar-refractivity contribution in [2.75, 3.05) is 5.73 Å². The molecule has 2 amide bonds. The van der Waals surface area contributed by atoms with Crippen LogP contribution in [0.4, 0.5) is 5.82 Å². The molecule has 3 aromatic heterocycles. The quantitative estimate of drug-likeness (QED) is 0.297. The van der Waals surface area contributed by atoms with Crippen molar-refractivity contribution in [3.63, 3.8) is 0 Å². The average Bonchev–Trinajstić information content (AvgIpc) is 3.84. The van der Waals surface area contributed by atoms with E-state index in [1.165, 1.54) is 0 Å². The molecule has 0 saturated heterocycles. The standard InChI is InChI=1S/C30H32N8O3/c1-29(2,3)24-14-22(38(37-24)19-6-7-19)28(40)35-21(27(39)36-30(16-31)10-11-30)13-26-34-20-8-4-17(12-23(20)41-26)18-5-9-25(32)33-15-18/h4-5,8-9,12,14-15,19,21H,6-7,10-11,13H2,1-3H3,(H2,32,33)(H,35,40)(H,36,39). The second-order valence-electron chi connectivity index (χ2n) is 12.0. The summed E-state index contributed by atoms with van der Waals surface area (Å²) >= 11 is 0. The van der Waals surface area contributed by atoms with Gasteiger partial charge in [0.25, 0.3) is 5.91 Å². The maximum atomic E-state index is 13.6. The number of anilines is 1. The Kier molecular flexibility index (Phi) is 6.29. The van der Waals surface area contributed by atoms with Gasteiger partial charge >= 0.3 is 0 Å². The molecule has 2 fully saturated rings. The van der Waals surface area contributed by atoms with Crippen LogP contribution in [0.5, 0.6) is 0 Å². The zero-order chi connectivity index (χ0) is 28.9. The lowest BCUT2D eigenvalue weighted by molar-refractivity contribution is -0.123. The number of nitrogens with zero attached hydrogens (tertiary/aromatic N) is 5. The van der Waals surface area contributed by atoms with Crippen molar-refractivity contribution in [1.82, 2.24) is 30.4 Å². The lowest BCUT2D eigenvalue weighted by Gasteiger charge is -2.19. The van der Waals surface area contributed by atoms with Gasteiger partial charge in [-0.1, -0.05) is 26.8 Å². The highest BCUT2D eigenvalue weighted by Gasteiger charge is 2.46. The first-order chi connectivity index (χ1) is 19.5. The van der Waals surface area contributed by atoms with E-state index in [2.05, 4.69) is 26.7 Å². The van der Waals surface area contributed by atoms with Gasteiger partial charge in [0.1, 0.15) is 28.6 Å². The Labute approximate surface area is 237 Å². The largest absolute Gasteiger partial charge is 0.441 e. The predicted molar refractivity (Wildman–Crippen MR) is 152 cm³/mol. The number of hydrogen-bond acceptors (Lipinski definition) is 8. The van der Waals surface area contributed by atoms with E-state index in [-0.39, 0.29) is 17.9 Å². The van der Waals surface area contributed by atoms with Crippen molar-refractivity contribution in [2.24, 2.45) is 0 Å². The topological polar surface area (TPSA) is 165 Å². The SMILES string of the molecule is CC(C)(C)c1cc(C(=O)NC(Cc2nc3ccc(-c4ccc(N)nc4)cc3o2)C(=O)NC2(C#N)CC2)n(C2CC2)n1.